The highest BCUT2D eigenvalue weighted by Crippen LogP contribution is 2.31. The topological polar surface area (TPSA) is 56.8 Å². The predicted molar refractivity (Wildman–Crippen MR) is 68.5 cm³/mol. The molecule has 18 heavy (non-hydrogen) atoms. The van der Waals surface area contributed by atoms with E-state index in [0.717, 1.165) is 0 Å². The molecule has 0 spiro atoms. The molecule has 0 unspecified atom stereocenters. The van der Waals surface area contributed by atoms with Gasteiger partial charge in [0.25, 0.3) is 0 Å². The molecule has 0 saturated heterocycles. The summed E-state index contributed by atoms with van der Waals surface area (Å²) in [7, 11) is 3.06. The number of hydrogen-bond acceptors (Lipinski definition) is 4. The van der Waals surface area contributed by atoms with Gasteiger partial charge in [0.2, 0.25) is 0 Å². The maximum absolute atomic E-state index is 11.6. The highest BCUT2D eigenvalue weighted by atomic mass is 16.6. The molecule has 0 aliphatic carbocycles. The van der Waals surface area contributed by atoms with E-state index in [-0.39, 0.29) is 5.54 Å². The molecular weight excluding hydrogens is 234 g/mol. The Labute approximate surface area is 107 Å². The molecule has 0 radical (unpaired) electrons. The molecule has 0 heterocycles. The average molecular weight is 253 g/mol. The van der Waals surface area contributed by atoms with Gasteiger partial charge in [0, 0.05) is 11.6 Å². The van der Waals surface area contributed by atoms with Crippen molar-refractivity contribution in [1.29, 1.82) is 0 Å². The third kappa shape index (κ3) is 4.16. The van der Waals surface area contributed by atoms with Crippen LogP contribution in [-0.2, 0) is 0 Å². The summed E-state index contributed by atoms with van der Waals surface area (Å²) in [6.45, 7) is 5.62. The fraction of sp³-hybridized carbons (Fsp3) is 0.462. The van der Waals surface area contributed by atoms with E-state index in [1.807, 2.05) is 20.8 Å². The van der Waals surface area contributed by atoms with Gasteiger partial charge in [0.1, 0.15) is 5.75 Å². The van der Waals surface area contributed by atoms with Crippen molar-refractivity contribution in [2.75, 3.05) is 14.2 Å². The van der Waals surface area contributed by atoms with Gasteiger partial charge in [0.05, 0.1) is 14.2 Å². The fourth-order valence-corrected chi connectivity index (χ4v) is 1.29. The number of ether oxygens (including phenoxy) is 3. The number of carbonyl (C=O) groups excluding carboxylic acids is 1. The lowest BCUT2D eigenvalue weighted by atomic mass is 10.1. The summed E-state index contributed by atoms with van der Waals surface area (Å²) in [4.78, 5) is 11.6. The normalized spacial score (nSPS) is 10.7. The number of carbonyl (C=O) groups is 1. The van der Waals surface area contributed by atoms with Gasteiger partial charge in [-0.05, 0) is 32.9 Å². The molecule has 1 aromatic carbocycles. The SMILES string of the molecule is COc1ccc(OC(=O)NC(C)(C)C)c(OC)c1. The Morgan fingerprint density at radius 1 is 1.11 bits per heavy atom. The minimum absolute atomic E-state index is 0.347. The summed E-state index contributed by atoms with van der Waals surface area (Å²) < 4.78 is 15.4. The van der Waals surface area contributed by atoms with Gasteiger partial charge in [-0.15, -0.1) is 0 Å². The van der Waals surface area contributed by atoms with Crippen molar-refractivity contribution in [2.24, 2.45) is 0 Å². The first-order chi connectivity index (χ1) is 8.35. The molecule has 100 valence electrons. The molecule has 0 saturated carbocycles. The summed E-state index contributed by atoms with van der Waals surface area (Å²) >= 11 is 0. The van der Waals surface area contributed by atoms with E-state index in [1.54, 1.807) is 25.3 Å². The van der Waals surface area contributed by atoms with E-state index < -0.39 is 6.09 Å². The molecule has 5 nitrogen and oxygen atoms in total. The van der Waals surface area contributed by atoms with Crippen LogP contribution in [0.3, 0.4) is 0 Å². The van der Waals surface area contributed by atoms with Gasteiger partial charge in [-0.3, -0.25) is 0 Å². The molecule has 0 fully saturated rings. The van der Waals surface area contributed by atoms with Crippen molar-refractivity contribution in [3.8, 4) is 17.2 Å². The molecule has 1 N–H and O–H groups in total. The van der Waals surface area contributed by atoms with E-state index in [4.69, 9.17) is 14.2 Å². The van der Waals surface area contributed by atoms with Gasteiger partial charge < -0.3 is 19.5 Å². The number of benzene rings is 1. The number of methoxy groups -OCH3 is 2. The average Bonchev–Trinajstić information content (AvgIpc) is 2.27. The molecular formula is C13H19NO4. The highest BCUT2D eigenvalue weighted by Gasteiger charge is 2.17. The van der Waals surface area contributed by atoms with Crippen LogP contribution in [0.25, 0.3) is 0 Å². The molecule has 0 aromatic heterocycles. The lowest BCUT2D eigenvalue weighted by Gasteiger charge is -2.20. The van der Waals surface area contributed by atoms with Crippen molar-refractivity contribution in [3.05, 3.63) is 18.2 Å². The second kappa shape index (κ2) is 5.62. The molecule has 5 heteroatoms. The van der Waals surface area contributed by atoms with E-state index >= 15 is 0 Å². The number of amides is 1. The van der Waals surface area contributed by atoms with Crippen molar-refractivity contribution in [3.63, 3.8) is 0 Å². The minimum atomic E-state index is -0.522. The summed E-state index contributed by atoms with van der Waals surface area (Å²) in [6, 6.07) is 4.97. The fourth-order valence-electron chi connectivity index (χ4n) is 1.29. The number of rotatable bonds is 3. The maximum Gasteiger partial charge on any atom is 0.413 e. The summed E-state index contributed by atoms with van der Waals surface area (Å²) in [6.07, 6.45) is -0.522. The first-order valence-corrected chi connectivity index (χ1v) is 5.58. The molecule has 1 rings (SSSR count). The van der Waals surface area contributed by atoms with E-state index in [1.165, 1.54) is 7.11 Å². The van der Waals surface area contributed by atoms with Crippen LogP contribution in [0.15, 0.2) is 18.2 Å². The Kier molecular flexibility index (Phi) is 4.42. The third-order valence-corrected chi connectivity index (χ3v) is 2.05. The van der Waals surface area contributed by atoms with Gasteiger partial charge in [-0.2, -0.15) is 0 Å². The van der Waals surface area contributed by atoms with Crippen LogP contribution in [0.5, 0.6) is 17.2 Å². The molecule has 0 aliphatic heterocycles. The van der Waals surface area contributed by atoms with Crippen LogP contribution in [0.1, 0.15) is 20.8 Å². The van der Waals surface area contributed by atoms with Gasteiger partial charge >= 0.3 is 6.09 Å². The maximum atomic E-state index is 11.6. The van der Waals surface area contributed by atoms with E-state index in [0.29, 0.717) is 17.2 Å². The summed E-state index contributed by atoms with van der Waals surface area (Å²) in [5, 5.41) is 2.70. The minimum Gasteiger partial charge on any atom is -0.497 e. The molecule has 1 amide bonds. The Hall–Kier alpha value is -1.91. The van der Waals surface area contributed by atoms with E-state index in [9.17, 15) is 4.79 Å². The van der Waals surface area contributed by atoms with Crippen LogP contribution >= 0.6 is 0 Å². The zero-order valence-corrected chi connectivity index (χ0v) is 11.4. The lowest BCUT2D eigenvalue weighted by molar-refractivity contribution is 0.188. The predicted octanol–water partition coefficient (Wildman–Crippen LogP) is 2.59. The van der Waals surface area contributed by atoms with Crippen LogP contribution in [0.4, 0.5) is 4.79 Å². The second-order valence-corrected chi connectivity index (χ2v) is 4.78. The van der Waals surface area contributed by atoms with Crippen LogP contribution in [0, 0.1) is 0 Å². The van der Waals surface area contributed by atoms with Gasteiger partial charge in [0.15, 0.2) is 11.5 Å². The first kappa shape index (κ1) is 14.2. The number of nitrogens with one attached hydrogen (secondary N) is 1. The molecule has 0 atom stereocenters. The number of hydrogen-bond donors (Lipinski definition) is 1. The quantitative estimate of drug-likeness (QED) is 0.899. The van der Waals surface area contributed by atoms with Crippen LogP contribution < -0.4 is 19.5 Å². The zero-order valence-electron chi connectivity index (χ0n) is 11.4. The Balaban J connectivity index is 2.81. The van der Waals surface area contributed by atoms with E-state index in [2.05, 4.69) is 5.32 Å². The summed E-state index contributed by atoms with van der Waals surface area (Å²) in [5.74, 6) is 1.42. The van der Waals surface area contributed by atoms with Gasteiger partial charge in [-0.1, -0.05) is 0 Å². The zero-order chi connectivity index (χ0) is 13.8. The summed E-state index contributed by atoms with van der Waals surface area (Å²) in [5.41, 5.74) is -0.350. The highest BCUT2D eigenvalue weighted by molar-refractivity contribution is 5.72. The molecule has 1 aromatic rings. The Morgan fingerprint density at radius 2 is 1.78 bits per heavy atom. The van der Waals surface area contributed by atoms with Crippen molar-refractivity contribution in [2.45, 2.75) is 26.3 Å². The standard InChI is InChI=1S/C13H19NO4/c1-13(2,3)14-12(15)18-10-7-6-9(16-4)8-11(10)17-5/h6-8H,1-5H3,(H,14,15). The van der Waals surface area contributed by atoms with Gasteiger partial charge in [-0.25, -0.2) is 4.79 Å². The van der Waals surface area contributed by atoms with Crippen LogP contribution in [0.2, 0.25) is 0 Å². The van der Waals surface area contributed by atoms with Crippen molar-refractivity contribution >= 4 is 6.09 Å². The van der Waals surface area contributed by atoms with Crippen LogP contribution in [-0.4, -0.2) is 25.9 Å². The first-order valence-electron chi connectivity index (χ1n) is 5.58. The Bertz CT molecular complexity index is 423. The smallest absolute Gasteiger partial charge is 0.413 e. The molecule has 0 aliphatic rings. The van der Waals surface area contributed by atoms with Crippen molar-refractivity contribution in [1.82, 2.24) is 5.32 Å². The third-order valence-electron chi connectivity index (χ3n) is 2.05. The molecule has 0 bridgehead atoms. The van der Waals surface area contributed by atoms with Crippen molar-refractivity contribution < 1.29 is 19.0 Å². The largest absolute Gasteiger partial charge is 0.497 e. The Morgan fingerprint density at radius 3 is 2.28 bits per heavy atom. The second-order valence-electron chi connectivity index (χ2n) is 4.78. The lowest BCUT2D eigenvalue weighted by Crippen LogP contribution is -2.42. The monoisotopic (exact) mass is 253 g/mol.